The Kier molecular flexibility index (Phi) is 86.2. The molecule has 16 nitrogen and oxygen atoms in total. The fourth-order valence-electron chi connectivity index (χ4n) is 12.5. The second-order valence-electron chi connectivity index (χ2n) is 30.7. The predicted molar refractivity (Wildman–Crippen MR) is 491 cm³/mol. The topological polar surface area (TPSA) is 231 Å². The van der Waals surface area contributed by atoms with Crippen molar-refractivity contribution in [3.63, 3.8) is 0 Å². The third kappa shape index (κ3) is 91.5. The molecule has 117 heavy (non-hydrogen) atoms. The highest BCUT2D eigenvalue weighted by Crippen LogP contribution is 2.45. The van der Waals surface area contributed by atoms with Crippen LogP contribution in [0.5, 0.6) is 0 Å². The van der Waals surface area contributed by atoms with Gasteiger partial charge >= 0.3 is 33.6 Å². The van der Waals surface area contributed by atoms with Crippen LogP contribution < -0.4 is 0 Å². The molecule has 0 aliphatic carbocycles. The third-order valence-corrected chi connectivity index (χ3v) is 21.3. The lowest BCUT2D eigenvalue weighted by atomic mass is 10.0. The van der Waals surface area contributed by atoms with Gasteiger partial charge < -0.3 is 34.2 Å². The summed E-state index contributed by atoms with van der Waals surface area (Å²) in [6, 6.07) is 0. The Balaban J connectivity index is 4.50. The van der Waals surface area contributed by atoms with E-state index in [-0.39, 0.29) is 19.3 Å². The van der Waals surface area contributed by atoms with Gasteiger partial charge in [0.05, 0.1) is 26.4 Å². The number of phosphoric ester groups is 2. The molecule has 18 heteroatoms. The first kappa shape index (κ1) is 112. The maximum absolute atomic E-state index is 13.0. The standard InChI is InChI=1S/C99H168O16P2/c1-4-7-10-13-16-19-22-25-28-31-33-35-37-39-41-43-45-46-48-50-51-53-55-57-59-62-64-67-70-73-76-79-82-85-97(102)109-88-94(100)89-111-116(105,106)112-90-95(101)91-113-117(107,108)114-93-96(115-99(104)87-84-81-78-75-72-69-66-61-30-27-24-21-18-15-12-9-6-3)92-110-98(103)86-83-80-77-74-71-68-65-63-60-58-56-54-52-49-47-44-42-40-38-36-34-32-29-26-23-20-17-14-11-8-5-2/h7-12,16-21,25-30,33-36,39-42,45-46,94-96,100-101H,4-6,13-15,22-24,31-32,37-38,43-44,47-93H2,1-3H3,(H,105,106)(H,107,108)/b10-7-,11-8-,12-9-,19-16-,20-17-,21-18-,28-25-,29-26-,30-27-,35-33-,36-34-,41-39-,42-40-,46-45-. The Morgan fingerprint density at radius 1 is 0.239 bits per heavy atom. The van der Waals surface area contributed by atoms with Crippen molar-refractivity contribution in [2.24, 2.45) is 0 Å². The van der Waals surface area contributed by atoms with E-state index in [0.717, 1.165) is 180 Å². The van der Waals surface area contributed by atoms with E-state index in [0.29, 0.717) is 19.3 Å². The predicted octanol–water partition coefficient (Wildman–Crippen LogP) is 28.7. The highest BCUT2D eigenvalue weighted by Gasteiger charge is 2.29. The number of hydrogen-bond donors (Lipinski definition) is 4. The molecular weight excluding hydrogens is 1510 g/mol. The average molecular weight is 1680 g/mol. The van der Waals surface area contributed by atoms with Gasteiger partial charge in [0.25, 0.3) is 0 Å². The minimum absolute atomic E-state index is 0.0910. The molecule has 0 rings (SSSR count). The van der Waals surface area contributed by atoms with Gasteiger partial charge in [-0.3, -0.25) is 32.5 Å². The Hall–Kier alpha value is -5.09. The summed E-state index contributed by atoms with van der Waals surface area (Å²) in [5.74, 6) is -1.58. The molecule has 0 saturated heterocycles. The largest absolute Gasteiger partial charge is 0.472 e. The van der Waals surface area contributed by atoms with Crippen molar-refractivity contribution in [1.82, 2.24) is 0 Å². The quantitative estimate of drug-likeness (QED) is 0.0146. The zero-order chi connectivity index (χ0) is 85.1. The number of hydrogen-bond acceptors (Lipinski definition) is 14. The Morgan fingerprint density at radius 2 is 0.427 bits per heavy atom. The fraction of sp³-hybridized carbons (Fsp3) is 0.687. The van der Waals surface area contributed by atoms with Gasteiger partial charge in [-0.25, -0.2) is 9.13 Å². The SMILES string of the molecule is CC/C=C\C/C=C\C/C=C\C/C=C\C/C=C\C/C=C\CCCCCCCCCCCCCCCCC(=O)OCC(O)COP(=O)(O)OCC(O)COP(=O)(O)OCC(COC(=O)CCCCCCCCCCCCCCCCC/C=C\C/C=C\C/C=C\C/C=C\C/C=C\CC)OC(=O)CCCCCCCCC/C=C\C/C=C\C/C=C\CC. The first-order valence-corrected chi connectivity index (χ1v) is 49.4. The molecule has 0 aromatic heterocycles. The minimum Gasteiger partial charge on any atom is -0.463 e. The van der Waals surface area contributed by atoms with Crippen molar-refractivity contribution in [3.8, 4) is 0 Å². The van der Waals surface area contributed by atoms with Crippen molar-refractivity contribution in [1.29, 1.82) is 0 Å². The van der Waals surface area contributed by atoms with Crippen LogP contribution in [0.4, 0.5) is 0 Å². The molecule has 0 spiro atoms. The third-order valence-electron chi connectivity index (χ3n) is 19.4. The fourth-order valence-corrected chi connectivity index (χ4v) is 14.1. The normalized spacial score (nSPS) is 14.6. The molecule has 670 valence electrons. The molecule has 4 N–H and O–H groups in total. The molecule has 0 aliphatic rings. The van der Waals surface area contributed by atoms with Gasteiger partial charge in [-0.05, 0) is 148 Å². The molecule has 0 aromatic rings. The molecule has 0 aliphatic heterocycles. The first-order chi connectivity index (χ1) is 57.2. The summed E-state index contributed by atoms with van der Waals surface area (Å²) < 4.78 is 61.5. The van der Waals surface area contributed by atoms with Gasteiger partial charge in [0, 0.05) is 19.3 Å². The summed E-state index contributed by atoms with van der Waals surface area (Å²) in [6.45, 7) is 2.38. The molecule has 5 atom stereocenters. The van der Waals surface area contributed by atoms with Crippen molar-refractivity contribution in [2.45, 2.75) is 399 Å². The number of carbonyl (C=O) groups excluding carboxylic acids is 3. The molecule has 0 radical (unpaired) electrons. The van der Waals surface area contributed by atoms with Crippen molar-refractivity contribution < 1.29 is 75.8 Å². The van der Waals surface area contributed by atoms with E-state index < -0.39 is 91.5 Å². The van der Waals surface area contributed by atoms with Gasteiger partial charge in [-0.1, -0.05) is 384 Å². The summed E-state index contributed by atoms with van der Waals surface area (Å²) in [5.41, 5.74) is 0. The molecule has 0 aromatic carbocycles. The molecule has 0 heterocycles. The summed E-state index contributed by atoms with van der Waals surface area (Å²) in [7, 11) is -9.81. The number of unbranched alkanes of at least 4 members (excludes halogenated alkanes) is 36. The Morgan fingerprint density at radius 3 is 0.675 bits per heavy atom. The maximum atomic E-state index is 13.0. The Bertz CT molecular complexity index is 2810. The second kappa shape index (κ2) is 90.2. The van der Waals surface area contributed by atoms with E-state index in [9.17, 15) is 43.5 Å². The van der Waals surface area contributed by atoms with E-state index in [1.807, 2.05) is 0 Å². The zero-order valence-electron chi connectivity index (χ0n) is 73.8. The van der Waals surface area contributed by atoms with Crippen LogP contribution in [0.25, 0.3) is 0 Å². The van der Waals surface area contributed by atoms with Crippen LogP contribution in [-0.4, -0.2) is 95.9 Å². The van der Waals surface area contributed by atoms with Crippen LogP contribution in [0, 0.1) is 0 Å². The summed E-state index contributed by atoms with van der Waals surface area (Å²) in [5, 5.41) is 20.7. The minimum atomic E-state index is -4.94. The van der Waals surface area contributed by atoms with E-state index in [1.54, 1.807) is 0 Å². The van der Waals surface area contributed by atoms with E-state index in [2.05, 4.69) is 191 Å². The number of rotatable bonds is 87. The smallest absolute Gasteiger partial charge is 0.463 e. The van der Waals surface area contributed by atoms with E-state index in [4.69, 9.17) is 32.3 Å². The van der Waals surface area contributed by atoms with Gasteiger partial charge in [0.1, 0.15) is 25.4 Å². The zero-order valence-corrected chi connectivity index (χ0v) is 75.6. The van der Waals surface area contributed by atoms with Crippen LogP contribution in [-0.2, 0) is 55.8 Å². The van der Waals surface area contributed by atoms with Crippen LogP contribution in [0.3, 0.4) is 0 Å². The summed E-state index contributed by atoms with van der Waals surface area (Å²) >= 11 is 0. The lowest BCUT2D eigenvalue weighted by Gasteiger charge is -2.21. The summed E-state index contributed by atoms with van der Waals surface area (Å²) in [4.78, 5) is 59.0. The van der Waals surface area contributed by atoms with Gasteiger partial charge in [0.2, 0.25) is 0 Å². The highest BCUT2D eigenvalue weighted by molar-refractivity contribution is 7.47. The van der Waals surface area contributed by atoms with E-state index >= 15 is 0 Å². The van der Waals surface area contributed by atoms with Crippen LogP contribution in [0.1, 0.15) is 380 Å². The number of allylic oxidation sites excluding steroid dienone is 28. The number of aliphatic hydroxyl groups excluding tert-OH is 2. The van der Waals surface area contributed by atoms with Crippen LogP contribution in [0.2, 0.25) is 0 Å². The molecule has 0 saturated carbocycles. The number of ether oxygens (including phenoxy) is 3. The van der Waals surface area contributed by atoms with Crippen molar-refractivity contribution in [2.75, 3.05) is 39.6 Å². The van der Waals surface area contributed by atoms with Gasteiger partial charge in [0.15, 0.2) is 6.10 Å². The van der Waals surface area contributed by atoms with Gasteiger partial charge in [-0.2, -0.15) is 0 Å². The molecule has 0 bridgehead atoms. The van der Waals surface area contributed by atoms with Gasteiger partial charge in [-0.15, -0.1) is 0 Å². The lowest BCUT2D eigenvalue weighted by molar-refractivity contribution is -0.161. The second-order valence-corrected chi connectivity index (χ2v) is 33.6. The molecule has 5 unspecified atom stereocenters. The highest BCUT2D eigenvalue weighted by atomic mass is 31.2. The van der Waals surface area contributed by atoms with Crippen molar-refractivity contribution >= 4 is 33.6 Å². The number of phosphoric acid groups is 2. The average Bonchev–Trinajstić information content (AvgIpc) is 0.900. The maximum Gasteiger partial charge on any atom is 0.472 e. The number of carbonyl (C=O) groups is 3. The summed E-state index contributed by atoms with van der Waals surface area (Å²) in [6.07, 6.45) is 117. The number of aliphatic hydroxyl groups is 2. The van der Waals surface area contributed by atoms with Crippen LogP contribution in [0.15, 0.2) is 170 Å². The lowest BCUT2D eigenvalue weighted by Crippen LogP contribution is -2.30. The Labute approximate surface area is 713 Å². The molecule has 0 fully saturated rings. The van der Waals surface area contributed by atoms with E-state index in [1.165, 1.54) is 141 Å². The first-order valence-electron chi connectivity index (χ1n) is 46.4. The molecular formula is C99H168O16P2. The molecule has 0 amide bonds. The van der Waals surface area contributed by atoms with Crippen LogP contribution >= 0.6 is 15.6 Å². The monoisotopic (exact) mass is 1680 g/mol. The number of esters is 3. The van der Waals surface area contributed by atoms with Crippen molar-refractivity contribution in [3.05, 3.63) is 170 Å².